The minimum atomic E-state index is -0.257. The molecule has 1 aliphatic rings. The van der Waals surface area contributed by atoms with Gasteiger partial charge in [0.2, 0.25) is 0 Å². The highest BCUT2D eigenvalue weighted by Crippen LogP contribution is 2.42. The Kier molecular flexibility index (Phi) is 2.29. The minimum Gasteiger partial charge on any atom is -0.380 e. The largest absolute Gasteiger partial charge is 0.380 e. The maximum absolute atomic E-state index is 13.5. The molecule has 2 rings (SSSR count). The number of halogens is 1. The molecule has 1 fully saturated rings. The lowest BCUT2D eigenvalue weighted by atomic mass is 10.0. The van der Waals surface area contributed by atoms with E-state index in [1.807, 2.05) is 6.07 Å². The first-order chi connectivity index (χ1) is 6.65. The van der Waals surface area contributed by atoms with Crippen LogP contribution in [0.2, 0.25) is 0 Å². The molecule has 1 aromatic rings. The second-order valence-electron chi connectivity index (χ2n) is 3.90. The van der Waals surface area contributed by atoms with Crippen LogP contribution >= 0.6 is 0 Å². The van der Waals surface area contributed by atoms with Gasteiger partial charge in [0, 0.05) is 18.2 Å². The van der Waals surface area contributed by atoms with Gasteiger partial charge in [-0.1, -0.05) is 12.1 Å². The van der Waals surface area contributed by atoms with Gasteiger partial charge in [-0.05, 0) is 24.5 Å². The van der Waals surface area contributed by atoms with E-state index in [-0.39, 0.29) is 11.4 Å². The number of hydrogen-bond donors (Lipinski definition) is 1. The van der Waals surface area contributed by atoms with Gasteiger partial charge >= 0.3 is 0 Å². The molecule has 1 saturated carbocycles. The summed E-state index contributed by atoms with van der Waals surface area (Å²) in [6, 6.07) is 5.17. The van der Waals surface area contributed by atoms with E-state index < -0.39 is 0 Å². The molecule has 0 radical (unpaired) electrons. The Labute approximate surface area is 82.9 Å². The van der Waals surface area contributed by atoms with Gasteiger partial charge < -0.3 is 10.5 Å². The molecule has 0 aromatic heterocycles. The average Bonchev–Trinajstić information content (AvgIpc) is 2.89. The van der Waals surface area contributed by atoms with E-state index in [0.29, 0.717) is 12.2 Å². The molecule has 2 N–H and O–H groups in total. The van der Waals surface area contributed by atoms with Crippen molar-refractivity contribution >= 4 is 0 Å². The van der Waals surface area contributed by atoms with Gasteiger partial charge in [-0.2, -0.15) is 0 Å². The van der Waals surface area contributed by atoms with Crippen molar-refractivity contribution in [3.8, 4) is 0 Å². The monoisotopic (exact) mass is 195 g/mol. The number of rotatable bonds is 3. The summed E-state index contributed by atoms with van der Waals surface area (Å²) in [5.74, 6) is -0.221. The summed E-state index contributed by atoms with van der Waals surface area (Å²) in [6.45, 7) is 0.309. The highest BCUT2D eigenvalue weighted by molar-refractivity contribution is 5.33. The van der Waals surface area contributed by atoms with Crippen molar-refractivity contribution < 1.29 is 9.13 Å². The Morgan fingerprint density at radius 3 is 2.71 bits per heavy atom. The molecular weight excluding hydrogens is 181 g/mol. The van der Waals surface area contributed by atoms with E-state index in [4.69, 9.17) is 10.5 Å². The fourth-order valence-electron chi connectivity index (χ4n) is 1.55. The summed E-state index contributed by atoms with van der Waals surface area (Å²) >= 11 is 0. The lowest BCUT2D eigenvalue weighted by Crippen LogP contribution is -2.18. The van der Waals surface area contributed by atoms with E-state index in [0.717, 1.165) is 18.4 Å². The van der Waals surface area contributed by atoms with Crippen LogP contribution in [0.4, 0.5) is 4.39 Å². The lowest BCUT2D eigenvalue weighted by Gasteiger charge is -2.10. The summed E-state index contributed by atoms with van der Waals surface area (Å²) in [6.07, 6.45) is 1.91. The maximum Gasteiger partial charge on any atom is 0.129 e. The molecule has 0 aliphatic heterocycles. The van der Waals surface area contributed by atoms with Crippen LogP contribution in [0, 0.1) is 5.82 Å². The first kappa shape index (κ1) is 9.62. The van der Waals surface area contributed by atoms with E-state index in [1.165, 1.54) is 6.07 Å². The van der Waals surface area contributed by atoms with Crippen LogP contribution in [0.5, 0.6) is 0 Å². The quantitative estimate of drug-likeness (QED) is 0.799. The Bertz CT molecular complexity index is 347. The average molecular weight is 195 g/mol. The summed E-state index contributed by atoms with van der Waals surface area (Å²) in [7, 11) is 1.55. The Morgan fingerprint density at radius 1 is 1.50 bits per heavy atom. The van der Waals surface area contributed by atoms with Gasteiger partial charge in [0.25, 0.3) is 0 Å². The summed E-state index contributed by atoms with van der Waals surface area (Å²) < 4.78 is 18.3. The van der Waals surface area contributed by atoms with Crippen LogP contribution in [-0.2, 0) is 16.9 Å². The van der Waals surface area contributed by atoms with Gasteiger partial charge in [-0.3, -0.25) is 0 Å². The van der Waals surface area contributed by atoms with Crippen molar-refractivity contribution in [3.63, 3.8) is 0 Å². The summed E-state index contributed by atoms with van der Waals surface area (Å²) in [5, 5.41) is 0. The standard InChI is InChI=1S/C11H14FNO/c1-14-7-8-2-3-9(6-10(8)12)11(13)4-5-11/h2-3,6H,4-5,7,13H2,1H3. The minimum absolute atomic E-state index is 0.221. The third-order valence-corrected chi connectivity index (χ3v) is 2.72. The smallest absolute Gasteiger partial charge is 0.129 e. The van der Waals surface area contributed by atoms with Crippen molar-refractivity contribution in [2.45, 2.75) is 25.0 Å². The molecule has 14 heavy (non-hydrogen) atoms. The Morgan fingerprint density at radius 2 is 2.21 bits per heavy atom. The molecular formula is C11H14FNO. The van der Waals surface area contributed by atoms with Crippen LogP contribution in [0.15, 0.2) is 18.2 Å². The zero-order valence-electron chi connectivity index (χ0n) is 8.22. The predicted molar refractivity (Wildman–Crippen MR) is 52.2 cm³/mol. The lowest BCUT2D eigenvalue weighted by molar-refractivity contribution is 0.181. The number of benzene rings is 1. The number of methoxy groups -OCH3 is 1. The Balaban J connectivity index is 2.26. The molecule has 0 saturated heterocycles. The fourth-order valence-corrected chi connectivity index (χ4v) is 1.55. The third kappa shape index (κ3) is 1.65. The fraction of sp³-hybridized carbons (Fsp3) is 0.455. The molecule has 0 unspecified atom stereocenters. The van der Waals surface area contributed by atoms with E-state index >= 15 is 0 Å². The molecule has 0 bridgehead atoms. The molecule has 76 valence electrons. The van der Waals surface area contributed by atoms with E-state index in [2.05, 4.69) is 0 Å². The highest BCUT2D eigenvalue weighted by atomic mass is 19.1. The molecule has 1 aromatic carbocycles. The zero-order chi connectivity index (χ0) is 10.2. The van der Waals surface area contributed by atoms with Crippen molar-refractivity contribution in [1.29, 1.82) is 0 Å². The molecule has 0 spiro atoms. The first-order valence-electron chi connectivity index (χ1n) is 4.72. The van der Waals surface area contributed by atoms with Gasteiger partial charge in [0.15, 0.2) is 0 Å². The molecule has 3 heteroatoms. The van der Waals surface area contributed by atoms with Crippen molar-refractivity contribution in [2.24, 2.45) is 5.73 Å². The second kappa shape index (κ2) is 3.33. The van der Waals surface area contributed by atoms with Crippen LogP contribution in [-0.4, -0.2) is 7.11 Å². The van der Waals surface area contributed by atoms with Crippen molar-refractivity contribution in [2.75, 3.05) is 7.11 Å². The molecule has 1 aliphatic carbocycles. The number of nitrogens with two attached hydrogens (primary N) is 1. The topological polar surface area (TPSA) is 35.2 Å². The van der Waals surface area contributed by atoms with Crippen LogP contribution < -0.4 is 5.73 Å². The second-order valence-corrected chi connectivity index (χ2v) is 3.90. The normalized spacial score (nSPS) is 18.2. The molecule has 2 nitrogen and oxygen atoms in total. The van der Waals surface area contributed by atoms with Crippen molar-refractivity contribution in [1.82, 2.24) is 0 Å². The Hall–Kier alpha value is -0.930. The predicted octanol–water partition coefficient (Wildman–Crippen LogP) is 1.92. The maximum atomic E-state index is 13.5. The van der Waals surface area contributed by atoms with Crippen LogP contribution in [0.25, 0.3) is 0 Å². The van der Waals surface area contributed by atoms with Gasteiger partial charge in [-0.15, -0.1) is 0 Å². The number of ether oxygens (including phenoxy) is 1. The molecule has 0 atom stereocenters. The highest BCUT2D eigenvalue weighted by Gasteiger charge is 2.40. The zero-order valence-corrected chi connectivity index (χ0v) is 8.22. The molecule has 0 heterocycles. The summed E-state index contributed by atoms with van der Waals surface area (Å²) in [4.78, 5) is 0. The number of hydrogen-bond acceptors (Lipinski definition) is 2. The summed E-state index contributed by atoms with van der Waals surface area (Å²) in [5.41, 5.74) is 7.19. The first-order valence-corrected chi connectivity index (χ1v) is 4.72. The molecule has 0 amide bonds. The van der Waals surface area contributed by atoms with Gasteiger partial charge in [0.05, 0.1) is 6.61 Å². The van der Waals surface area contributed by atoms with Gasteiger partial charge in [0.1, 0.15) is 5.82 Å². The van der Waals surface area contributed by atoms with E-state index in [9.17, 15) is 4.39 Å². The third-order valence-electron chi connectivity index (χ3n) is 2.72. The van der Waals surface area contributed by atoms with Gasteiger partial charge in [-0.25, -0.2) is 4.39 Å². The van der Waals surface area contributed by atoms with E-state index in [1.54, 1.807) is 13.2 Å². The van der Waals surface area contributed by atoms with Crippen LogP contribution in [0.1, 0.15) is 24.0 Å². The SMILES string of the molecule is COCc1ccc(C2(N)CC2)cc1F. The van der Waals surface area contributed by atoms with Crippen LogP contribution in [0.3, 0.4) is 0 Å². The van der Waals surface area contributed by atoms with Crippen molar-refractivity contribution in [3.05, 3.63) is 35.1 Å².